The van der Waals surface area contributed by atoms with Gasteiger partial charge in [-0.25, -0.2) is 4.68 Å². The van der Waals surface area contributed by atoms with Gasteiger partial charge in [-0.1, -0.05) is 34.1 Å². The Labute approximate surface area is 197 Å². The molecule has 2 aromatic carbocycles. The first kappa shape index (κ1) is 22.0. The summed E-state index contributed by atoms with van der Waals surface area (Å²) < 4.78 is 7.36. The van der Waals surface area contributed by atoms with Gasteiger partial charge in [0.25, 0.3) is 5.56 Å². The van der Waals surface area contributed by atoms with Crippen LogP contribution in [0.2, 0.25) is 0 Å². The summed E-state index contributed by atoms with van der Waals surface area (Å²) >= 11 is 4.90. The van der Waals surface area contributed by atoms with Crippen LogP contribution in [0.4, 0.5) is 5.69 Å². The highest BCUT2D eigenvalue weighted by Crippen LogP contribution is 2.23. The SMILES string of the molecule is COc1ccc(Cc2cc(-c3cccs3)nn(CC(=O)Nc3ccc(Br)cc3)c2=O)cc1. The van der Waals surface area contributed by atoms with Gasteiger partial charge >= 0.3 is 0 Å². The zero-order valence-electron chi connectivity index (χ0n) is 17.2. The highest BCUT2D eigenvalue weighted by Gasteiger charge is 2.14. The average Bonchev–Trinajstić information content (AvgIpc) is 3.33. The number of amides is 1. The predicted octanol–water partition coefficient (Wildman–Crippen LogP) is 4.97. The molecule has 2 aromatic heterocycles. The average molecular weight is 510 g/mol. The van der Waals surface area contributed by atoms with Crippen molar-refractivity contribution < 1.29 is 9.53 Å². The molecule has 0 bridgehead atoms. The number of hydrogen-bond donors (Lipinski definition) is 1. The Hall–Kier alpha value is -3.23. The number of ether oxygens (including phenoxy) is 1. The molecule has 0 fully saturated rings. The normalized spacial score (nSPS) is 10.7. The number of thiophene rings is 1. The molecule has 6 nitrogen and oxygen atoms in total. The molecular weight excluding hydrogens is 490 g/mol. The summed E-state index contributed by atoms with van der Waals surface area (Å²) in [6, 6.07) is 20.5. The van der Waals surface area contributed by atoms with Gasteiger partial charge in [-0.2, -0.15) is 5.10 Å². The topological polar surface area (TPSA) is 73.2 Å². The van der Waals surface area contributed by atoms with Crippen molar-refractivity contribution in [3.05, 3.63) is 98.1 Å². The van der Waals surface area contributed by atoms with Crippen LogP contribution in [0.15, 0.2) is 81.4 Å². The third-order valence-corrected chi connectivity index (χ3v) is 6.22. The third-order valence-electron chi connectivity index (χ3n) is 4.80. The number of aromatic nitrogens is 2. The highest BCUT2D eigenvalue weighted by molar-refractivity contribution is 9.10. The summed E-state index contributed by atoms with van der Waals surface area (Å²) in [5, 5.41) is 9.23. The first-order valence-corrected chi connectivity index (χ1v) is 11.5. The van der Waals surface area contributed by atoms with E-state index in [4.69, 9.17) is 4.74 Å². The summed E-state index contributed by atoms with van der Waals surface area (Å²) in [4.78, 5) is 26.7. The van der Waals surface area contributed by atoms with E-state index in [0.717, 1.165) is 20.7 Å². The molecule has 0 radical (unpaired) electrons. The van der Waals surface area contributed by atoms with Crippen LogP contribution >= 0.6 is 27.3 Å². The van der Waals surface area contributed by atoms with E-state index < -0.39 is 0 Å². The zero-order chi connectivity index (χ0) is 22.5. The second-order valence-corrected chi connectivity index (χ2v) is 8.94. The van der Waals surface area contributed by atoms with E-state index in [-0.39, 0.29) is 18.0 Å². The van der Waals surface area contributed by atoms with Crippen molar-refractivity contribution in [2.75, 3.05) is 12.4 Å². The van der Waals surface area contributed by atoms with Crippen LogP contribution < -0.4 is 15.6 Å². The van der Waals surface area contributed by atoms with Crippen LogP contribution in [0.25, 0.3) is 10.6 Å². The Morgan fingerprint density at radius 1 is 1.12 bits per heavy atom. The van der Waals surface area contributed by atoms with Crippen LogP contribution in [0.3, 0.4) is 0 Å². The lowest BCUT2D eigenvalue weighted by atomic mass is 10.1. The number of nitrogens with zero attached hydrogens (tertiary/aromatic N) is 2. The molecule has 8 heteroatoms. The number of nitrogens with one attached hydrogen (secondary N) is 1. The van der Waals surface area contributed by atoms with Gasteiger partial charge in [0.1, 0.15) is 18.0 Å². The summed E-state index contributed by atoms with van der Waals surface area (Å²) in [6.07, 6.45) is 0.429. The summed E-state index contributed by atoms with van der Waals surface area (Å²) in [5.41, 5.74) is 2.58. The van der Waals surface area contributed by atoms with E-state index >= 15 is 0 Å². The van der Waals surface area contributed by atoms with Crippen molar-refractivity contribution >= 4 is 38.9 Å². The minimum Gasteiger partial charge on any atom is -0.497 e. The fourth-order valence-corrected chi connectivity index (χ4v) is 4.15. The molecule has 1 amide bonds. The minimum atomic E-state index is -0.319. The van der Waals surface area contributed by atoms with Crippen molar-refractivity contribution in [2.24, 2.45) is 0 Å². The molecule has 0 spiro atoms. The van der Waals surface area contributed by atoms with Crippen molar-refractivity contribution in [2.45, 2.75) is 13.0 Å². The molecule has 0 aliphatic heterocycles. The van der Waals surface area contributed by atoms with Gasteiger partial charge in [0, 0.05) is 22.1 Å². The fourth-order valence-electron chi connectivity index (χ4n) is 3.21. The molecule has 0 saturated heterocycles. The molecule has 4 rings (SSSR count). The number of hydrogen-bond acceptors (Lipinski definition) is 5. The molecule has 0 unspecified atom stereocenters. The first-order valence-electron chi connectivity index (χ1n) is 9.85. The Bertz CT molecular complexity index is 1270. The maximum atomic E-state index is 13.1. The maximum Gasteiger partial charge on any atom is 0.270 e. The summed E-state index contributed by atoms with van der Waals surface area (Å²) in [6.45, 7) is -0.177. The van der Waals surface area contributed by atoms with Gasteiger partial charge in [0.2, 0.25) is 5.91 Å². The number of carbonyl (C=O) groups is 1. The van der Waals surface area contributed by atoms with E-state index in [1.54, 1.807) is 19.2 Å². The molecule has 0 aliphatic rings. The van der Waals surface area contributed by atoms with Gasteiger partial charge < -0.3 is 10.1 Å². The fraction of sp³-hybridized carbons (Fsp3) is 0.125. The van der Waals surface area contributed by atoms with Crippen molar-refractivity contribution in [3.63, 3.8) is 0 Å². The zero-order valence-corrected chi connectivity index (χ0v) is 19.7. The smallest absolute Gasteiger partial charge is 0.270 e. The molecule has 4 aromatic rings. The second kappa shape index (κ2) is 9.93. The van der Waals surface area contributed by atoms with Crippen LogP contribution in [0.1, 0.15) is 11.1 Å². The van der Waals surface area contributed by atoms with Gasteiger partial charge in [-0.15, -0.1) is 11.3 Å². The lowest BCUT2D eigenvalue weighted by molar-refractivity contribution is -0.117. The van der Waals surface area contributed by atoms with Crippen LogP contribution in [-0.4, -0.2) is 22.8 Å². The lowest BCUT2D eigenvalue weighted by Gasteiger charge is -2.11. The van der Waals surface area contributed by atoms with Crippen LogP contribution in [0, 0.1) is 0 Å². The van der Waals surface area contributed by atoms with E-state index in [1.165, 1.54) is 16.0 Å². The van der Waals surface area contributed by atoms with E-state index in [2.05, 4.69) is 26.3 Å². The standard InChI is InChI=1S/C24H20BrN3O3S/c1-31-20-10-4-16(5-11-20)13-17-14-21(22-3-2-12-32-22)27-28(24(17)30)15-23(29)26-19-8-6-18(25)7-9-19/h2-12,14H,13,15H2,1H3,(H,26,29). The minimum absolute atomic E-state index is 0.177. The molecule has 1 N–H and O–H groups in total. The lowest BCUT2D eigenvalue weighted by Crippen LogP contribution is -2.32. The Morgan fingerprint density at radius 3 is 2.53 bits per heavy atom. The molecule has 32 heavy (non-hydrogen) atoms. The van der Waals surface area contributed by atoms with Crippen molar-refractivity contribution in [1.82, 2.24) is 9.78 Å². The second-order valence-electron chi connectivity index (χ2n) is 7.07. The molecule has 0 saturated carbocycles. The monoisotopic (exact) mass is 509 g/mol. The quantitative estimate of drug-likeness (QED) is 0.381. The van der Waals surface area contributed by atoms with Gasteiger partial charge in [0.05, 0.1) is 12.0 Å². The van der Waals surface area contributed by atoms with Gasteiger partial charge in [-0.05, 0) is 59.5 Å². The summed E-state index contributed by atoms with van der Waals surface area (Å²) in [5.74, 6) is 0.436. The van der Waals surface area contributed by atoms with Crippen molar-refractivity contribution in [1.29, 1.82) is 0 Å². The number of anilines is 1. The van der Waals surface area contributed by atoms with Gasteiger partial charge in [-0.3, -0.25) is 9.59 Å². The molecule has 2 heterocycles. The third kappa shape index (κ3) is 5.33. The van der Waals surface area contributed by atoms with Crippen LogP contribution in [-0.2, 0) is 17.8 Å². The number of halogens is 1. The molecule has 0 atom stereocenters. The van der Waals surface area contributed by atoms with E-state index in [1.807, 2.05) is 60.0 Å². The van der Waals surface area contributed by atoms with E-state index in [0.29, 0.717) is 23.4 Å². The predicted molar refractivity (Wildman–Crippen MR) is 130 cm³/mol. The number of benzene rings is 2. The Kier molecular flexibility index (Phi) is 6.82. The number of rotatable bonds is 7. The molecular formula is C24H20BrN3O3S. The van der Waals surface area contributed by atoms with Gasteiger partial charge in [0.15, 0.2) is 0 Å². The summed E-state index contributed by atoms with van der Waals surface area (Å²) in [7, 11) is 1.61. The van der Waals surface area contributed by atoms with Crippen molar-refractivity contribution in [3.8, 4) is 16.3 Å². The maximum absolute atomic E-state index is 13.1. The largest absolute Gasteiger partial charge is 0.497 e. The van der Waals surface area contributed by atoms with E-state index in [9.17, 15) is 9.59 Å². The first-order chi connectivity index (χ1) is 15.5. The number of carbonyl (C=O) groups excluding carboxylic acids is 1. The van der Waals surface area contributed by atoms with Crippen LogP contribution in [0.5, 0.6) is 5.75 Å². The molecule has 162 valence electrons. The highest BCUT2D eigenvalue weighted by atomic mass is 79.9. The number of methoxy groups -OCH3 is 1. The molecule has 0 aliphatic carbocycles. The Balaban J connectivity index is 1.63. The Morgan fingerprint density at radius 2 is 1.88 bits per heavy atom.